The van der Waals surface area contributed by atoms with Crippen LogP contribution in [0.25, 0.3) is 0 Å². The Labute approximate surface area is 145 Å². The van der Waals surface area contributed by atoms with Gasteiger partial charge in [-0.1, -0.05) is 41.9 Å². The number of sulfonamides is 1. The van der Waals surface area contributed by atoms with E-state index in [4.69, 9.17) is 16.3 Å². The first-order valence-corrected chi connectivity index (χ1v) is 9.01. The molecule has 3 aromatic rings. The maximum absolute atomic E-state index is 12.5. The minimum atomic E-state index is -3.73. The topological polar surface area (TPSA) is 55.4 Å². The molecule has 0 aliphatic carbocycles. The highest BCUT2D eigenvalue weighted by molar-refractivity contribution is 7.92. The lowest BCUT2D eigenvalue weighted by molar-refractivity contribution is 0.485. The molecule has 0 aromatic heterocycles. The van der Waals surface area contributed by atoms with Crippen molar-refractivity contribution in [2.24, 2.45) is 0 Å². The molecule has 4 nitrogen and oxygen atoms in total. The number of hydrogen-bond acceptors (Lipinski definition) is 3. The molecular formula is C18H14ClNO3S. The van der Waals surface area contributed by atoms with E-state index in [0.717, 1.165) is 0 Å². The van der Waals surface area contributed by atoms with Gasteiger partial charge in [-0.15, -0.1) is 0 Å². The van der Waals surface area contributed by atoms with E-state index >= 15 is 0 Å². The molecular weight excluding hydrogens is 346 g/mol. The zero-order valence-corrected chi connectivity index (χ0v) is 14.1. The van der Waals surface area contributed by atoms with Crippen molar-refractivity contribution in [3.05, 3.63) is 83.9 Å². The van der Waals surface area contributed by atoms with Crippen LogP contribution in [0.3, 0.4) is 0 Å². The molecule has 122 valence electrons. The molecule has 24 heavy (non-hydrogen) atoms. The number of halogens is 1. The zero-order valence-electron chi connectivity index (χ0n) is 12.5. The van der Waals surface area contributed by atoms with Crippen molar-refractivity contribution in [1.82, 2.24) is 0 Å². The third kappa shape index (κ3) is 3.88. The van der Waals surface area contributed by atoms with E-state index in [9.17, 15) is 8.42 Å². The van der Waals surface area contributed by atoms with Gasteiger partial charge in [-0.25, -0.2) is 8.42 Å². The van der Waals surface area contributed by atoms with Gasteiger partial charge in [0, 0.05) is 5.02 Å². The van der Waals surface area contributed by atoms with E-state index in [2.05, 4.69) is 4.72 Å². The minimum absolute atomic E-state index is 0.126. The summed E-state index contributed by atoms with van der Waals surface area (Å²) in [7, 11) is -3.73. The monoisotopic (exact) mass is 359 g/mol. The maximum Gasteiger partial charge on any atom is 0.262 e. The molecule has 3 rings (SSSR count). The van der Waals surface area contributed by atoms with Crippen molar-refractivity contribution in [3.63, 3.8) is 0 Å². The van der Waals surface area contributed by atoms with Gasteiger partial charge < -0.3 is 4.74 Å². The van der Waals surface area contributed by atoms with Gasteiger partial charge in [-0.2, -0.15) is 0 Å². The number of nitrogens with one attached hydrogen (secondary N) is 1. The second-order valence-electron chi connectivity index (χ2n) is 4.97. The second kappa shape index (κ2) is 6.95. The summed E-state index contributed by atoms with van der Waals surface area (Å²) >= 11 is 5.80. The second-order valence-corrected chi connectivity index (χ2v) is 7.09. The summed E-state index contributed by atoms with van der Waals surface area (Å²) < 4.78 is 33.3. The van der Waals surface area contributed by atoms with Crippen molar-refractivity contribution in [3.8, 4) is 11.5 Å². The average Bonchev–Trinajstić information content (AvgIpc) is 2.58. The fraction of sp³-hybridized carbons (Fsp3) is 0. The predicted octanol–water partition coefficient (Wildman–Crippen LogP) is 4.93. The molecule has 0 radical (unpaired) electrons. The standard InChI is InChI=1S/C18H14ClNO3S/c19-14-10-12-16(13-11-14)24(21,22)20-17-8-4-5-9-18(17)23-15-6-2-1-3-7-15/h1-13,20H. The van der Waals surface area contributed by atoms with Crippen LogP contribution in [0.4, 0.5) is 5.69 Å². The van der Waals surface area contributed by atoms with Gasteiger partial charge in [-0.3, -0.25) is 4.72 Å². The summed E-state index contributed by atoms with van der Waals surface area (Å²) in [4.78, 5) is 0.126. The zero-order chi connectivity index (χ0) is 17.0. The Balaban J connectivity index is 1.89. The number of hydrogen-bond donors (Lipinski definition) is 1. The van der Waals surface area contributed by atoms with Gasteiger partial charge in [0.15, 0.2) is 5.75 Å². The number of benzene rings is 3. The largest absolute Gasteiger partial charge is 0.455 e. The molecule has 0 saturated carbocycles. The molecule has 0 spiro atoms. The predicted molar refractivity (Wildman–Crippen MR) is 95.2 cm³/mol. The van der Waals surface area contributed by atoms with Gasteiger partial charge in [0.1, 0.15) is 5.75 Å². The van der Waals surface area contributed by atoms with Gasteiger partial charge in [0.2, 0.25) is 0 Å². The lowest BCUT2D eigenvalue weighted by Gasteiger charge is -2.13. The van der Waals surface area contributed by atoms with E-state index in [1.165, 1.54) is 24.3 Å². The Morgan fingerprint density at radius 2 is 1.42 bits per heavy atom. The van der Waals surface area contributed by atoms with Crippen molar-refractivity contribution in [2.45, 2.75) is 4.90 Å². The molecule has 0 aliphatic rings. The van der Waals surface area contributed by atoms with Crippen LogP contribution in [0, 0.1) is 0 Å². The Morgan fingerprint density at radius 1 is 0.792 bits per heavy atom. The number of rotatable bonds is 5. The summed E-state index contributed by atoms with van der Waals surface area (Å²) in [5.74, 6) is 1.04. The average molecular weight is 360 g/mol. The fourth-order valence-corrected chi connectivity index (χ4v) is 3.27. The van der Waals surface area contributed by atoms with Crippen LogP contribution < -0.4 is 9.46 Å². The van der Waals surface area contributed by atoms with E-state index < -0.39 is 10.0 Å². The van der Waals surface area contributed by atoms with Crippen LogP contribution in [0.2, 0.25) is 5.02 Å². The summed E-state index contributed by atoms with van der Waals surface area (Å²) in [6, 6.07) is 22.0. The van der Waals surface area contributed by atoms with Crippen molar-refractivity contribution in [2.75, 3.05) is 4.72 Å². The fourth-order valence-electron chi connectivity index (χ4n) is 2.07. The lowest BCUT2D eigenvalue weighted by Crippen LogP contribution is -2.13. The highest BCUT2D eigenvalue weighted by Crippen LogP contribution is 2.30. The van der Waals surface area contributed by atoms with E-state index in [1.807, 2.05) is 18.2 Å². The van der Waals surface area contributed by atoms with Crippen LogP contribution in [-0.2, 0) is 10.0 Å². The van der Waals surface area contributed by atoms with E-state index in [-0.39, 0.29) is 4.90 Å². The van der Waals surface area contributed by atoms with Gasteiger partial charge in [0.25, 0.3) is 10.0 Å². The SMILES string of the molecule is O=S(=O)(Nc1ccccc1Oc1ccccc1)c1ccc(Cl)cc1. The summed E-state index contributed by atoms with van der Waals surface area (Å²) in [6.45, 7) is 0. The van der Waals surface area contributed by atoms with Crippen LogP contribution in [0.1, 0.15) is 0 Å². The molecule has 0 unspecified atom stereocenters. The quantitative estimate of drug-likeness (QED) is 0.702. The Kier molecular flexibility index (Phi) is 4.74. The van der Waals surface area contributed by atoms with Crippen LogP contribution in [0.15, 0.2) is 83.8 Å². The third-order valence-corrected chi connectivity index (χ3v) is 4.86. The highest BCUT2D eigenvalue weighted by atomic mass is 35.5. The third-order valence-electron chi connectivity index (χ3n) is 3.23. The first-order chi connectivity index (χ1) is 11.5. The minimum Gasteiger partial charge on any atom is -0.455 e. The van der Waals surface area contributed by atoms with E-state index in [0.29, 0.717) is 22.2 Å². The van der Waals surface area contributed by atoms with E-state index in [1.54, 1.807) is 36.4 Å². The Morgan fingerprint density at radius 3 is 2.12 bits per heavy atom. The molecule has 0 amide bonds. The maximum atomic E-state index is 12.5. The van der Waals surface area contributed by atoms with Gasteiger partial charge in [0.05, 0.1) is 10.6 Å². The first-order valence-electron chi connectivity index (χ1n) is 7.15. The Bertz CT molecular complexity index is 926. The molecule has 0 aliphatic heterocycles. The van der Waals surface area contributed by atoms with Crippen LogP contribution in [0.5, 0.6) is 11.5 Å². The number of para-hydroxylation sites is 3. The number of anilines is 1. The molecule has 0 atom stereocenters. The Hall–Kier alpha value is -2.50. The molecule has 6 heteroatoms. The first kappa shape index (κ1) is 16.4. The summed E-state index contributed by atoms with van der Waals surface area (Å²) in [5.41, 5.74) is 0.358. The molecule has 0 heterocycles. The number of ether oxygens (including phenoxy) is 1. The summed E-state index contributed by atoms with van der Waals surface area (Å²) in [6.07, 6.45) is 0. The summed E-state index contributed by atoms with van der Waals surface area (Å²) in [5, 5.41) is 0.474. The van der Waals surface area contributed by atoms with Crippen LogP contribution in [-0.4, -0.2) is 8.42 Å². The highest BCUT2D eigenvalue weighted by Gasteiger charge is 2.16. The van der Waals surface area contributed by atoms with Crippen LogP contribution >= 0.6 is 11.6 Å². The molecule has 0 fully saturated rings. The lowest BCUT2D eigenvalue weighted by atomic mass is 10.3. The smallest absolute Gasteiger partial charge is 0.262 e. The molecule has 1 N–H and O–H groups in total. The van der Waals surface area contributed by atoms with Crippen molar-refractivity contribution < 1.29 is 13.2 Å². The van der Waals surface area contributed by atoms with Gasteiger partial charge >= 0.3 is 0 Å². The van der Waals surface area contributed by atoms with Crippen molar-refractivity contribution in [1.29, 1.82) is 0 Å². The molecule has 3 aromatic carbocycles. The molecule has 0 bridgehead atoms. The van der Waals surface area contributed by atoms with Gasteiger partial charge in [-0.05, 0) is 48.5 Å². The molecule has 0 saturated heterocycles. The van der Waals surface area contributed by atoms with Crippen molar-refractivity contribution >= 4 is 27.3 Å². The normalized spacial score (nSPS) is 11.0.